The fourth-order valence-corrected chi connectivity index (χ4v) is 4.94. The maximum atomic E-state index is 12.9. The average molecular weight is 378 g/mol. The lowest BCUT2D eigenvalue weighted by molar-refractivity contribution is -0.137. The summed E-state index contributed by atoms with van der Waals surface area (Å²) in [6.07, 6.45) is 0.527. The van der Waals surface area contributed by atoms with E-state index in [0.29, 0.717) is 6.42 Å². The second-order valence-electron chi connectivity index (χ2n) is 6.94. The summed E-state index contributed by atoms with van der Waals surface area (Å²) < 4.78 is 12.9. The molecule has 0 saturated heterocycles. The first-order chi connectivity index (χ1) is 11.7. The van der Waals surface area contributed by atoms with E-state index >= 15 is 0 Å². The zero-order valence-corrected chi connectivity index (χ0v) is 18.1. The molecule has 0 aromatic heterocycles. The Bertz CT molecular complexity index is 390. The van der Waals surface area contributed by atoms with Crippen molar-refractivity contribution in [3.05, 3.63) is 0 Å². The van der Waals surface area contributed by atoms with Crippen molar-refractivity contribution in [2.75, 3.05) is 65.7 Å². The number of hydrogen-bond acceptors (Lipinski definition) is 5. The van der Waals surface area contributed by atoms with Crippen LogP contribution in [0, 0.1) is 0 Å². The van der Waals surface area contributed by atoms with E-state index in [4.69, 9.17) is 5.11 Å². The monoisotopic (exact) mass is 377 g/mol. The molecule has 0 amide bonds. The summed E-state index contributed by atoms with van der Waals surface area (Å²) in [5.74, 6) is -0.972. The predicted molar refractivity (Wildman–Crippen MR) is 107 cm³/mol. The van der Waals surface area contributed by atoms with E-state index in [1.165, 1.54) is 0 Å². The Morgan fingerprint density at radius 2 is 1.28 bits per heavy atom. The standard InChI is InChI=1S/C18H40N3O3P/c1-7-19(8-2)13-15-21(16-14-20(9-3)10-4)17(25(5,6)24)11-12-18(22)23/h17H,7-16H2,1-6H3,(H,22,23). The number of hydrogen-bond donors (Lipinski definition) is 1. The molecule has 1 N–H and O–H groups in total. The Morgan fingerprint density at radius 1 is 0.880 bits per heavy atom. The second kappa shape index (κ2) is 12.9. The normalized spacial score (nSPS) is 13.8. The summed E-state index contributed by atoms with van der Waals surface area (Å²) in [4.78, 5) is 18.0. The van der Waals surface area contributed by atoms with Gasteiger partial charge in [0.15, 0.2) is 0 Å². The fraction of sp³-hybridized carbons (Fsp3) is 0.944. The molecule has 0 saturated carbocycles. The maximum Gasteiger partial charge on any atom is 0.303 e. The molecule has 0 aliphatic heterocycles. The van der Waals surface area contributed by atoms with Gasteiger partial charge in [0, 0.05) is 32.6 Å². The summed E-state index contributed by atoms with van der Waals surface area (Å²) in [7, 11) is -2.42. The Kier molecular flexibility index (Phi) is 12.6. The number of carboxylic acids is 1. The molecule has 1 atom stereocenters. The third-order valence-corrected chi connectivity index (χ3v) is 6.97. The molecule has 0 fully saturated rings. The Morgan fingerprint density at radius 3 is 1.56 bits per heavy atom. The lowest BCUT2D eigenvalue weighted by Crippen LogP contribution is -2.45. The summed E-state index contributed by atoms with van der Waals surface area (Å²) in [5, 5.41) is 9.07. The van der Waals surface area contributed by atoms with E-state index in [1.54, 1.807) is 13.3 Å². The molecule has 0 aromatic carbocycles. The number of nitrogens with zero attached hydrogens (tertiary/aromatic N) is 3. The van der Waals surface area contributed by atoms with Crippen LogP contribution in [0.1, 0.15) is 40.5 Å². The molecule has 0 spiro atoms. The minimum atomic E-state index is -2.42. The van der Waals surface area contributed by atoms with E-state index in [-0.39, 0.29) is 12.2 Å². The number of carboxylic acid groups (broad SMARTS) is 1. The van der Waals surface area contributed by atoms with Crippen molar-refractivity contribution in [2.45, 2.75) is 46.3 Å². The number of likely N-dealkylation sites (N-methyl/N-ethyl adjacent to an activating group) is 2. The predicted octanol–water partition coefficient (Wildman–Crippen LogP) is 2.79. The molecule has 0 radical (unpaired) electrons. The van der Waals surface area contributed by atoms with Crippen LogP contribution >= 0.6 is 7.14 Å². The quantitative estimate of drug-likeness (QED) is 0.443. The number of carbonyl (C=O) groups is 1. The van der Waals surface area contributed by atoms with E-state index in [1.807, 2.05) is 0 Å². The van der Waals surface area contributed by atoms with Gasteiger partial charge in [-0.15, -0.1) is 0 Å². The first-order valence-corrected chi connectivity index (χ1v) is 12.3. The molecule has 0 aliphatic carbocycles. The SMILES string of the molecule is CCN(CC)CCN(CCN(CC)CC)C(CCC(=O)O)P(C)(C)=O. The van der Waals surface area contributed by atoms with Crippen molar-refractivity contribution >= 4 is 13.1 Å². The molecular weight excluding hydrogens is 337 g/mol. The lowest BCUT2D eigenvalue weighted by Gasteiger charge is -2.36. The largest absolute Gasteiger partial charge is 0.481 e. The molecule has 1 unspecified atom stereocenters. The van der Waals surface area contributed by atoms with Crippen LogP contribution in [-0.2, 0) is 9.36 Å². The molecule has 0 bridgehead atoms. The van der Waals surface area contributed by atoms with Crippen molar-refractivity contribution in [1.82, 2.24) is 14.7 Å². The molecule has 6 nitrogen and oxygen atoms in total. The van der Waals surface area contributed by atoms with Crippen LogP contribution in [0.4, 0.5) is 0 Å². The van der Waals surface area contributed by atoms with Gasteiger partial charge in [-0.3, -0.25) is 9.69 Å². The zero-order valence-electron chi connectivity index (χ0n) is 17.2. The van der Waals surface area contributed by atoms with Crippen LogP contribution in [0.3, 0.4) is 0 Å². The molecular formula is C18H40N3O3P. The van der Waals surface area contributed by atoms with E-state index < -0.39 is 13.1 Å². The third-order valence-electron chi connectivity index (χ3n) is 4.95. The highest BCUT2D eigenvalue weighted by Gasteiger charge is 2.30. The molecule has 0 rings (SSSR count). The second-order valence-corrected chi connectivity index (χ2v) is 10.4. The molecule has 0 heterocycles. The highest BCUT2D eigenvalue weighted by molar-refractivity contribution is 7.63. The Hall–Kier alpha value is -0.420. The average Bonchev–Trinajstić information content (AvgIpc) is 2.54. The molecule has 0 aliphatic rings. The van der Waals surface area contributed by atoms with Crippen LogP contribution in [0.2, 0.25) is 0 Å². The van der Waals surface area contributed by atoms with Gasteiger partial charge in [0.05, 0.1) is 12.9 Å². The molecule has 150 valence electrons. The summed E-state index contributed by atoms with van der Waals surface area (Å²) in [5.41, 5.74) is 0. The Labute approximate surface area is 154 Å². The van der Waals surface area contributed by atoms with E-state index in [0.717, 1.165) is 52.4 Å². The molecule has 0 aromatic rings. The van der Waals surface area contributed by atoms with Gasteiger partial charge in [-0.2, -0.15) is 0 Å². The lowest BCUT2D eigenvalue weighted by atomic mass is 10.2. The highest BCUT2D eigenvalue weighted by Crippen LogP contribution is 2.46. The van der Waals surface area contributed by atoms with Crippen molar-refractivity contribution in [1.29, 1.82) is 0 Å². The zero-order chi connectivity index (χ0) is 19.5. The highest BCUT2D eigenvalue weighted by atomic mass is 31.2. The van der Waals surface area contributed by atoms with Crippen LogP contribution < -0.4 is 0 Å². The summed E-state index contributed by atoms with van der Waals surface area (Å²) in [6.45, 7) is 19.7. The Balaban J connectivity index is 5.16. The van der Waals surface area contributed by atoms with Gasteiger partial charge in [0.2, 0.25) is 0 Å². The number of aliphatic carboxylic acids is 1. The summed E-state index contributed by atoms with van der Waals surface area (Å²) in [6, 6.07) is 0. The topological polar surface area (TPSA) is 64.1 Å². The molecule has 25 heavy (non-hydrogen) atoms. The first-order valence-electron chi connectivity index (χ1n) is 9.64. The van der Waals surface area contributed by atoms with Crippen LogP contribution in [-0.4, -0.2) is 97.2 Å². The van der Waals surface area contributed by atoms with Gasteiger partial charge in [-0.05, 0) is 45.9 Å². The van der Waals surface area contributed by atoms with Gasteiger partial charge in [0.1, 0.15) is 0 Å². The van der Waals surface area contributed by atoms with E-state index in [9.17, 15) is 9.36 Å². The fourth-order valence-electron chi connectivity index (χ4n) is 3.17. The number of rotatable bonds is 15. The van der Waals surface area contributed by atoms with Crippen molar-refractivity contribution in [3.63, 3.8) is 0 Å². The third kappa shape index (κ3) is 10.3. The maximum absolute atomic E-state index is 12.9. The van der Waals surface area contributed by atoms with Crippen LogP contribution in [0.25, 0.3) is 0 Å². The smallest absolute Gasteiger partial charge is 0.303 e. The minimum absolute atomic E-state index is 0.0728. The first kappa shape index (κ1) is 24.6. The van der Waals surface area contributed by atoms with Gasteiger partial charge < -0.3 is 19.5 Å². The van der Waals surface area contributed by atoms with Gasteiger partial charge in [-0.1, -0.05) is 27.7 Å². The van der Waals surface area contributed by atoms with Crippen LogP contribution in [0.5, 0.6) is 0 Å². The van der Waals surface area contributed by atoms with Crippen molar-refractivity contribution < 1.29 is 14.5 Å². The van der Waals surface area contributed by atoms with Crippen molar-refractivity contribution in [2.24, 2.45) is 0 Å². The van der Waals surface area contributed by atoms with Gasteiger partial charge in [0.25, 0.3) is 0 Å². The summed E-state index contributed by atoms with van der Waals surface area (Å²) >= 11 is 0. The molecule has 7 heteroatoms. The van der Waals surface area contributed by atoms with Gasteiger partial charge in [-0.25, -0.2) is 0 Å². The van der Waals surface area contributed by atoms with Gasteiger partial charge >= 0.3 is 5.97 Å². The van der Waals surface area contributed by atoms with Crippen molar-refractivity contribution in [3.8, 4) is 0 Å². The minimum Gasteiger partial charge on any atom is -0.481 e. The van der Waals surface area contributed by atoms with Crippen LogP contribution in [0.15, 0.2) is 0 Å². The van der Waals surface area contributed by atoms with E-state index in [2.05, 4.69) is 42.4 Å².